The zero-order valence-electron chi connectivity index (χ0n) is 11.0. The Hall–Kier alpha value is -1.53. The van der Waals surface area contributed by atoms with E-state index >= 15 is 0 Å². The first kappa shape index (κ1) is 15.9. The van der Waals surface area contributed by atoms with Crippen LogP contribution < -0.4 is 4.74 Å². The van der Waals surface area contributed by atoms with Crippen molar-refractivity contribution in [3.63, 3.8) is 0 Å². The van der Waals surface area contributed by atoms with Gasteiger partial charge in [-0.2, -0.15) is 13.2 Å². The molecule has 1 N–H and O–H groups in total. The van der Waals surface area contributed by atoms with Gasteiger partial charge in [0.15, 0.2) is 0 Å². The lowest BCUT2D eigenvalue weighted by atomic mass is 9.99. The Kier molecular flexibility index (Phi) is 4.58. The molecule has 0 fully saturated rings. The molecule has 6 heteroatoms. The SMILES string of the molecule is COc1ccc(C(O)c2cc(C(F)(F)F)ccc2Br)cc1. The molecule has 0 aromatic heterocycles. The standard InChI is InChI=1S/C15H12BrF3O2/c1-21-11-5-2-9(3-6-11)14(20)12-8-10(15(17,18)19)4-7-13(12)16/h2-8,14,20H,1H3. The number of alkyl halides is 3. The largest absolute Gasteiger partial charge is 0.497 e. The fourth-order valence-corrected chi connectivity index (χ4v) is 2.36. The van der Waals surface area contributed by atoms with E-state index in [-0.39, 0.29) is 5.56 Å². The molecule has 0 aliphatic rings. The van der Waals surface area contributed by atoms with E-state index in [1.165, 1.54) is 13.2 Å². The van der Waals surface area contributed by atoms with Crippen LogP contribution in [0, 0.1) is 0 Å². The van der Waals surface area contributed by atoms with E-state index in [0.29, 0.717) is 15.8 Å². The second kappa shape index (κ2) is 6.07. The zero-order chi connectivity index (χ0) is 15.6. The molecule has 112 valence electrons. The Morgan fingerprint density at radius 1 is 1.10 bits per heavy atom. The Labute approximate surface area is 128 Å². The normalized spacial score (nSPS) is 13.0. The van der Waals surface area contributed by atoms with Gasteiger partial charge in [0.25, 0.3) is 0 Å². The quantitative estimate of drug-likeness (QED) is 0.869. The number of hydrogen-bond donors (Lipinski definition) is 1. The molecule has 2 rings (SSSR count). The van der Waals surface area contributed by atoms with Crippen molar-refractivity contribution in [1.82, 2.24) is 0 Å². The minimum Gasteiger partial charge on any atom is -0.497 e. The molecule has 0 spiro atoms. The predicted octanol–water partition coefficient (Wildman–Crippen LogP) is 4.56. The van der Waals surface area contributed by atoms with Gasteiger partial charge in [0, 0.05) is 4.47 Å². The molecule has 0 radical (unpaired) electrons. The number of halogens is 4. The molecule has 0 amide bonds. The molecule has 0 aliphatic carbocycles. The fourth-order valence-electron chi connectivity index (χ4n) is 1.90. The van der Waals surface area contributed by atoms with Crippen LogP contribution >= 0.6 is 15.9 Å². The summed E-state index contributed by atoms with van der Waals surface area (Å²) in [7, 11) is 1.51. The van der Waals surface area contributed by atoms with Crippen LogP contribution in [0.5, 0.6) is 5.75 Å². The second-order valence-electron chi connectivity index (χ2n) is 4.41. The summed E-state index contributed by atoms with van der Waals surface area (Å²) in [6.45, 7) is 0. The maximum Gasteiger partial charge on any atom is 0.416 e. The van der Waals surface area contributed by atoms with Gasteiger partial charge in [0.1, 0.15) is 11.9 Å². The van der Waals surface area contributed by atoms with Crippen molar-refractivity contribution in [3.8, 4) is 5.75 Å². The van der Waals surface area contributed by atoms with Gasteiger partial charge in [-0.3, -0.25) is 0 Å². The smallest absolute Gasteiger partial charge is 0.416 e. The van der Waals surface area contributed by atoms with Crippen LogP contribution in [-0.2, 0) is 6.18 Å². The predicted molar refractivity (Wildman–Crippen MR) is 76.2 cm³/mol. The van der Waals surface area contributed by atoms with Crippen molar-refractivity contribution in [3.05, 3.63) is 63.6 Å². The van der Waals surface area contributed by atoms with Crippen LogP contribution in [0.1, 0.15) is 22.8 Å². The molecular weight excluding hydrogens is 349 g/mol. The summed E-state index contributed by atoms with van der Waals surface area (Å²) in [5.41, 5.74) is -0.154. The van der Waals surface area contributed by atoms with Crippen molar-refractivity contribution in [1.29, 1.82) is 0 Å². The minimum absolute atomic E-state index is 0.162. The van der Waals surface area contributed by atoms with Crippen LogP contribution in [0.2, 0.25) is 0 Å². The van der Waals surface area contributed by atoms with Gasteiger partial charge in [-0.05, 0) is 41.5 Å². The Balaban J connectivity index is 2.39. The molecular formula is C15H12BrF3O2. The number of aliphatic hydroxyl groups excluding tert-OH is 1. The van der Waals surface area contributed by atoms with Gasteiger partial charge in [-0.1, -0.05) is 28.1 Å². The first-order valence-electron chi connectivity index (χ1n) is 6.01. The van der Waals surface area contributed by atoms with Crippen LogP contribution in [0.3, 0.4) is 0 Å². The molecule has 0 saturated heterocycles. The van der Waals surface area contributed by atoms with Crippen LogP contribution in [0.25, 0.3) is 0 Å². The van der Waals surface area contributed by atoms with Crippen molar-refractivity contribution >= 4 is 15.9 Å². The zero-order valence-corrected chi connectivity index (χ0v) is 12.6. The number of methoxy groups -OCH3 is 1. The molecule has 2 nitrogen and oxygen atoms in total. The molecule has 2 aromatic rings. The third-order valence-electron chi connectivity index (χ3n) is 3.05. The van der Waals surface area contributed by atoms with E-state index < -0.39 is 17.8 Å². The second-order valence-corrected chi connectivity index (χ2v) is 5.26. The third kappa shape index (κ3) is 3.57. The highest BCUT2D eigenvalue weighted by atomic mass is 79.9. The van der Waals surface area contributed by atoms with Crippen molar-refractivity contribution in [2.75, 3.05) is 7.11 Å². The Morgan fingerprint density at radius 2 is 1.71 bits per heavy atom. The van der Waals surface area contributed by atoms with Crippen LogP contribution in [0.15, 0.2) is 46.9 Å². The van der Waals surface area contributed by atoms with E-state index in [9.17, 15) is 18.3 Å². The highest BCUT2D eigenvalue weighted by Gasteiger charge is 2.31. The maximum atomic E-state index is 12.8. The number of ether oxygens (including phenoxy) is 1. The van der Waals surface area contributed by atoms with Crippen molar-refractivity contribution in [2.24, 2.45) is 0 Å². The lowest BCUT2D eigenvalue weighted by Crippen LogP contribution is -2.08. The lowest BCUT2D eigenvalue weighted by molar-refractivity contribution is -0.137. The van der Waals surface area contributed by atoms with E-state index in [1.54, 1.807) is 24.3 Å². The van der Waals surface area contributed by atoms with Gasteiger partial charge in [-0.25, -0.2) is 0 Å². The van der Waals surface area contributed by atoms with Gasteiger partial charge in [0.05, 0.1) is 12.7 Å². The molecule has 21 heavy (non-hydrogen) atoms. The Morgan fingerprint density at radius 3 is 2.24 bits per heavy atom. The van der Waals surface area contributed by atoms with Crippen molar-refractivity contribution < 1.29 is 23.0 Å². The van der Waals surface area contributed by atoms with Crippen molar-refractivity contribution in [2.45, 2.75) is 12.3 Å². The summed E-state index contributed by atoms with van der Waals surface area (Å²) in [5.74, 6) is 0.606. The molecule has 0 aliphatic heterocycles. The van der Waals surface area contributed by atoms with Gasteiger partial charge < -0.3 is 9.84 Å². The van der Waals surface area contributed by atoms with Gasteiger partial charge in [-0.15, -0.1) is 0 Å². The number of rotatable bonds is 3. The molecule has 1 unspecified atom stereocenters. The summed E-state index contributed by atoms with van der Waals surface area (Å²) in [5, 5.41) is 10.3. The average molecular weight is 361 g/mol. The van der Waals surface area contributed by atoms with E-state index in [1.807, 2.05) is 0 Å². The van der Waals surface area contributed by atoms with E-state index in [2.05, 4.69) is 15.9 Å². The summed E-state index contributed by atoms with van der Waals surface area (Å²) < 4.78 is 43.7. The summed E-state index contributed by atoms with van der Waals surface area (Å²) >= 11 is 3.17. The van der Waals surface area contributed by atoms with E-state index in [4.69, 9.17) is 4.74 Å². The average Bonchev–Trinajstić information content (AvgIpc) is 2.46. The molecule has 1 atom stereocenters. The third-order valence-corrected chi connectivity index (χ3v) is 3.77. The number of aliphatic hydroxyl groups is 1. The highest BCUT2D eigenvalue weighted by molar-refractivity contribution is 9.10. The molecule has 2 aromatic carbocycles. The lowest BCUT2D eigenvalue weighted by Gasteiger charge is -2.16. The maximum absolute atomic E-state index is 12.8. The number of hydrogen-bond acceptors (Lipinski definition) is 2. The monoisotopic (exact) mass is 360 g/mol. The van der Waals surface area contributed by atoms with Crippen LogP contribution in [-0.4, -0.2) is 12.2 Å². The molecule has 0 bridgehead atoms. The van der Waals surface area contributed by atoms with Gasteiger partial charge >= 0.3 is 6.18 Å². The fraction of sp³-hybridized carbons (Fsp3) is 0.200. The first-order chi connectivity index (χ1) is 9.82. The summed E-state index contributed by atoms with van der Waals surface area (Å²) in [4.78, 5) is 0. The van der Waals surface area contributed by atoms with Gasteiger partial charge in [0.2, 0.25) is 0 Å². The molecule has 0 saturated carbocycles. The minimum atomic E-state index is -4.45. The summed E-state index contributed by atoms with van der Waals surface area (Å²) in [6.07, 6.45) is -5.61. The van der Waals surface area contributed by atoms with E-state index in [0.717, 1.165) is 12.1 Å². The number of benzene rings is 2. The molecule has 0 heterocycles. The first-order valence-corrected chi connectivity index (χ1v) is 6.81. The Bertz CT molecular complexity index is 624. The summed E-state index contributed by atoms with van der Waals surface area (Å²) in [6, 6.07) is 9.69. The highest BCUT2D eigenvalue weighted by Crippen LogP contribution is 2.35. The topological polar surface area (TPSA) is 29.5 Å². The van der Waals surface area contributed by atoms with Crippen LogP contribution in [0.4, 0.5) is 13.2 Å².